The SMILES string of the molecule is CCC(NC(=O)N=C1SCC(=O)C1c1cc(C)ccc1C(C)C)c1ccc(-c2ncn(-c3ccc(OC(F)(F)F)cc3)n2)cc1. The number of rotatable bonds is 8. The molecule has 1 aliphatic heterocycles. The van der Waals surface area contributed by atoms with Crippen molar-refractivity contribution in [2.24, 2.45) is 4.99 Å². The molecule has 4 aromatic rings. The van der Waals surface area contributed by atoms with Crippen LogP contribution in [0.5, 0.6) is 5.75 Å². The molecule has 12 heteroatoms. The van der Waals surface area contributed by atoms with E-state index in [9.17, 15) is 22.8 Å². The summed E-state index contributed by atoms with van der Waals surface area (Å²) in [6.45, 7) is 8.11. The van der Waals surface area contributed by atoms with Gasteiger partial charge < -0.3 is 10.1 Å². The van der Waals surface area contributed by atoms with E-state index in [0.29, 0.717) is 23.0 Å². The zero-order valence-corrected chi connectivity index (χ0v) is 25.9. The van der Waals surface area contributed by atoms with E-state index >= 15 is 0 Å². The Morgan fingerprint density at radius 1 is 1.11 bits per heavy atom. The number of ketones is 1. The Labute approximate surface area is 263 Å². The summed E-state index contributed by atoms with van der Waals surface area (Å²) in [5.74, 6) is 0.0991. The highest BCUT2D eigenvalue weighted by molar-refractivity contribution is 8.15. The Bertz CT molecular complexity index is 1720. The summed E-state index contributed by atoms with van der Waals surface area (Å²) in [4.78, 5) is 34.8. The normalized spacial score (nSPS) is 16.8. The fourth-order valence-corrected chi connectivity index (χ4v) is 6.24. The van der Waals surface area contributed by atoms with Gasteiger partial charge in [-0.3, -0.25) is 4.79 Å². The summed E-state index contributed by atoms with van der Waals surface area (Å²) >= 11 is 1.31. The van der Waals surface area contributed by atoms with E-state index in [1.54, 1.807) is 0 Å². The minimum Gasteiger partial charge on any atom is -0.406 e. The molecule has 45 heavy (non-hydrogen) atoms. The lowest BCUT2D eigenvalue weighted by atomic mass is 9.86. The highest BCUT2D eigenvalue weighted by Crippen LogP contribution is 2.37. The molecule has 1 saturated heterocycles. The molecule has 8 nitrogen and oxygen atoms in total. The van der Waals surface area contributed by atoms with Gasteiger partial charge in [0.25, 0.3) is 0 Å². The van der Waals surface area contributed by atoms with Crippen LogP contribution in [0.3, 0.4) is 0 Å². The third-order valence-electron chi connectivity index (χ3n) is 7.42. The molecule has 0 saturated carbocycles. The fourth-order valence-electron chi connectivity index (χ4n) is 5.21. The lowest BCUT2D eigenvalue weighted by Gasteiger charge is -2.19. The predicted molar refractivity (Wildman–Crippen MR) is 168 cm³/mol. The maximum absolute atomic E-state index is 13.1. The van der Waals surface area contributed by atoms with Gasteiger partial charge in [-0.15, -0.1) is 30.0 Å². The van der Waals surface area contributed by atoms with Crippen LogP contribution in [0.25, 0.3) is 17.1 Å². The van der Waals surface area contributed by atoms with Gasteiger partial charge in [0.05, 0.1) is 28.4 Å². The van der Waals surface area contributed by atoms with Gasteiger partial charge in [-0.2, -0.15) is 4.99 Å². The molecule has 3 aromatic carbocycles. The molecule has 1 aliphatic rings. The van der Waals surface area contributed by atoms with E-state index in [-0.39, 0.29) is 29.2 Å². The van der Waals surface area contributed by atoms with Crippen molar-refractivity contribution in [3.63, 3.8) is 0 Å². The van der Waals surface area contributed by atoms with Crippen molar-refractivity contribution < 1.29 is 27.5 Å². The topological polar surface area (TPSA) is 98.5 Å². The number of hydrogen-bond acceptors (Lipinski definition) is 6. The third kappa shape index (κ3) is 7.62. The second-order valence-corrected chi connectivity index (χ2v) is 12.0. The van der Waals surface area contributed by atoms with E-state index in [1.165, 1.54) is 47.0 Å². The van der Waals surface area contributed by atoms with E-state index in [4.69, 9.17) is 0 Å². The first kappa shape index (κ1) is 32.0. The zero-order chi connectivity index (χ0) is 32.3. The molecule has 0 bridgehead atoms. The highest BCUT2D eigenvalue weighted by atomic mass is 32.2. The Morgan fingerprint density at radius 2 is 1.82 bits per heavy atom. The average Bonchev–Trinajstić information content (AvgIpc) is 3.62. The van der Waals surface area contributed by atoms with Crippen molar-refractivity contribution in [1.82, 2.24) is 20.1 Å². The Kier molecular flexibility index (Phi) is 9.42. The summed E-state index contributed by atoms with van der Waals surface area (Å²) in [7, 11) is 0. The molecule has 2 amide bonds. The van der Waals surface area contributed by atoms with Crippen LogP contribution < -0.4 is 10.1 Å². The number of urea groups is 1. The van der Waals surface area contributed by atoms with Crippen LogP contribution in [0.1, 0.15) is 67.3 Å². The predicted octanol–water partition coefficient (Wildman–Crippen LogP) is 7.92. The highest BCUT2D eigenvalue weighted by Gasteiger charge is 2.36. The van der Waals surface area contributed by atoms with Gasteiger partial charge in [-0.05, 0) is 60.2 Å². The van der Waals surface area contributed by atoms with Crippen LogP contribution in [-0.4, -0.2) is 43.7 Å². The zero-order valence-electron chi connectivity index (χ0n) is 25.1. The molecule has 0 spiro atoms. The molecule has 1 N–H and O–H groups in total. The first-order chi connectivity index (χ1) is 21.4. The Hall–Kier alpha value is -4.45. The number of alkyl halides is 3. The second-order valence-electron chi connectivity index (χ2n) is 11.0. The molecule has 2 atom stereocenters. The van der Waals surface area contributed by atoms with Crippen LogP contribution in [0.15, 0.2) is 78.0 Å². The van der Waals surface area contributed by atoms with Gasteiger partial charge in [0.2, 0.25) is 0 Å². The van der Waals surface area contributed by atoms with Gasteiger partial charge in [-0.25, -0.2) is 14.5 Å². The molecular weight excluding hydrogens is 603 g/mol. The first-order valence-electron chi connectivity index (χ1n) is 14.4. The molecule has 2 heterocycles. The van der Waals surface area contributed by atoms with Gasteiger partial charge >= 0.3 is 12.4 Å². The largest absolute Gasteiger partial charge is 0.573 e. The van der Waals surface area contributed by atoms with E-state index < -0.39 is 18.3 Å². The Balaban J connectivity index is 1.28. The summed E-state index contributed by atoms with van der Waals surface area (Å²) in [5, 5.41) is 7.94. The number of thioether (sulfide) groups is 1. The van der Waals surface area contributed by atoms with Crippen LogP contribution in [0.4, 0.5) is 18.0 Å². The van der Waals surface area contributed by atoms with Crippen molar-refractivity contribution in [3.8, 4) is 22.8 Å². The van der Waals surface area contributed by atoms with Gasteiger partial charge in [0.1, 0.15) is 12.1 Å². The van der Waals surface area contributed by atoms with Crippen LogP contribution in [0, 0.1) is 6.92 Å². The number of aryl methyl sites for hydroxylation is 1. The number of benzene rings is 3. The second kappa shape index (κ2) is 13.3. The Morgan fingerprint density at radius 3 is 2.47 bits per heavy atom. The van der Waals surface area contributed by atoms with E-state index in [1.807, 2.05) is 56.3 Å². The molecule has 234 valence electrons. The maximum Gasteiger partial charge on any atom is 0.573 e. The third-order valence-corrected chi connectivity index (χ3v) is 8.47. The molecule has 0 radical (unpaired) electrons. The number of halogens is 3. The number of carbonyl (C=O) groups excluding carboxylic acids is 2. The van der Waals surface area contributed by atoms with Crippen LogP contribution in [0.2, 0.25) is 0 Å². The quantitative estimate of drug-likeness (QED) is 0.211. The summed E-state index contributed by atoms with van der Waals surface area (Å²) < 4.78 is 42.7. The van der Waals surface area contributed by atoms with Gasteiger partial charge in [0, 0.05) is 5.56 Å². The fraction of sp³-hybridized carbons (Fsp3) is 0.303. The number of nitrogens with zero attached hydrogens (tertiary/aromatic N) is 4. The summed E-state index contributed by atoms with van der Waals surface area (Å²) in [6, 6.07) is 18.0. The summed E-state index contributed by atoms with van der Waals surface area (Å²) in [5.41, 5.74) is 5.14. The molecule has 0 aliphatic carbocycles. The maximum atomic E-state index is 13.1. The standard InChI is InChI=1S/C33H32F3N5O3S/c1-5-27(38-32(43)39-31-29(28(42)17-45-31)26-16-20(4)6-15-25(26)19(2)3)21-7-9-22(10-8-21)30-37-18-41(40-30)23-11-13-24(14-12-23)44-33(34,35)36/h6-16,18-19,27,29H,5,17H2,1-4H3,(H,38,43). The number of ether oxygens (including phenoxy) is 1. The minimum atomic E-state index is -4.76. The van der Waals surface area contributed by atoms with Crippen molar-refractivity contribution in [1.29, 1.82) is 0 Å². The molecule has 1 aromatic heterocycles. The van der Waals surface area contributed by atoms with Crippen molar-refractivity contribution >= 4 is 28.6 Å². The lowest BCUT2D eigenvalue weighted by Crippen LogP contribution is -2.27. The van der Waals surface area contributed by atoms with Crippen LogP contribution >= 0.6 is 11.8 Å². The minimum absolute atomic E-state index is 0.0465. The first-order valence-corrected chi connectivity index (χ1v) is 15.4. The molecule has 2 unspecified atom stereocenters. The number of nitrogens with one attached hydrogen (secondary N) is 1. The smallest absolute Gasteiger partial charge is 0.406 e. The van der Waals surface area contributed by atoms with E-state index in [0.717, 1.165) is 27.8 Å². The molecular formula is C33H32F3N5O3S. The van der Waals surface area contributed by atoms with Gasteiger partial charge in [0.15, 0.2) is 11.6 Å². The molecule has 5 rings (SSSR count). The molecule has 1 fully saturated rings. The van der Waals surface area contributed by atoms with Crippen molar-refractivity contribution in [2.45, 2.75) is 58.4 Å². The number of amides is 2. The number of carbonyl (C=O) groups is 2. The van der Waals surface area contributed by atoms with E-state index in [2.05, 4.69) is 39.0 Å². The number of hydrogen-bond donors (Lipinski definition) is 1. The average molecular weight is 636 g/mol. The monoisotopic (exact) mass is 635 g/mol. The van der Waals surface area contributed by atoms with Gasteiger partial charge in [-0.1, -0.05) is 68.8 Å². The van der Waals surface area contributed by atoms with Crippen molar-refractivity contribution in [3.05, 3.63) is 95.3 Å². The number of Topliss-reactive ketones (excluding diaryl/α,β-unsaturated/α-hetero) is 1. The lowest BCUT2D eigenvalue weighted by molar-refractivity contribution is -0.274. The van der Waals surface area contributed by atoms with Crippen LogP contribution in [-0.2, 0) is 4.79 Å². The summed E-state index contributed by atoms with van der Waals surface area (Å²) in [6.07, 6.45) is -2.68. The van der Waals surface area contributed by atoms with Crippen molar-refractivity contribution in [2.75, 3.05) is 5.75 Å². The number of aliphatic imine (C=N–C) groups is 1. The number of aromatic nitrogens is 3.